The third kappa shape index (κ3) is 4.17. The standard InChI is InChI=1S/C25H17BrF2N4O/c26-16-7-5-15(6-8-16)22-13-23(19-3-1-2-4-21(19)28)32-24(31-22)20(14-29-32)25(33)30-18-11-9-17(27)10-12-18/h1-14,23,31H,(H,30,33). The number of hydrogen-bond acceptors (Lipinski definition) is 3. The Morgan fingerprint density at radius 2 is 1.73 bits per heavy atom. The van der Waals surface area contributed by atoms with Crippen LogP contribution in [0.2, 0.25) is 0 Å². The van der Waals surface area contributed by atoms with Gasteiger partial charge in [-0.05, 0) is 54.1 Å². The first-order chi connectivity index (χ1) is 16.0. The highest BCUT2D eigenvalue weighted by atomic mass is 79.9. The summed E-state index contributed by atoms with van der Waals surface area (Å²) in [5.41, 5.74) is 2.76. The highest BCUT2D eigenvalue weighted by molar-refractivity contribution is 9.10. The maximum Gasteiger partial charge on any atom is 0.261 e. The average molecular weight is 507 g/mol. The van der Waals surface area contributed by atoms with Gasteiger partial charge < -0.3 is 10.6 Å². The normalized spacial score (nSPS) is 14.8. The number of benzene rings is 3. The van der Waals surface area contributed by atoms with Crippen LogP contribution in [0.15, 0.2) is 89.5 Å². The summed E-state index contributed by atoms with van der Waals surface area (Å²) in [6.07, 6.45) is 3.32. The SMILES string of the molecule is O=C(Nc1ccc(F)cc1)c1cnn2c1NC(c1ccc(Br)cc1)=CC2c1ccccc1F. The van der Waals surface area contributed by atoms with E-state index in [1.54, 1.807) is 22.9 Å². The number of rotatable bonds is 4. The van der Waals surface area contributed by atoms with Crippen molar-refractivity contribution in [1.29, 1.82) is 0 Å². The maximum absolute atomic E-state index is 14.7. The summed E-state index contributed by atoms with van der Waals surface area (Å²) in [4.78, 5) is 13.0. The van der Waals surface area contributed by atoms with E-state index >= 15 is 0 Å². The van der Waals surface area contributed by atoms with Crippen molar-refractivity contribution in [3.05, 3.63) is 118 Å². The van der Waals surface area contributed by atoms with Crippen molar-refractivity contribution in [2.24, 2.45) is 0 Å². The predicted molar refractivity (Wildman–Crippen MR) is 127 cm³/mol. The molecule has 2 heterocycles. The second-order valence-corrected chi connectivity index (χ2v) is 8.41. The van der Waals surface area contributed by atoms with Gasteiger partial charge in [0.25, 0.3) is 5.91 Å². The summed E-state index contributed by atoms with van der Waals surface area (Å²) in [6, 6.07) is 19.1. The minimum absolute atomic E-state index is 0.281. The van der Waals surface area contributed by atoms with Crippen LogP contribution < -0.4 is 10.6 Å². The minimum atomic E-state index is -0.562. The van der Waals surface area contributed by atoms with E-state index in [1.165, 1.54) is 36.5 Å². The molecule has 1 aliphatic heterocycles. The van der Waals surface area contributed by atoms with Crippen LogP contribution in [0.4, 0.5) is 20.3 Å². The number of halogens is 3. The molecule has 2 N–H and O–H groups in total. The zero-order valence-corrected chi connectivity index (χ0v) is 18.7. The lowest BCUT2D eigenvalue weighted by Crippen LogP contribution is -2.22. The smallest absolute Gasteiger partial charge is 0.261 e. The van der Waals surface area contributed by atoms with E-state index in [4.69, 9.17) is 0 Å². The zero-order chi connectivity index (χ0) is 22.9. The van der Waals surface area contributed by atoms with E-state index in [0.717, 1.165) is 15.7 Å². The van der Waals surface area contributed by atoms with Gasteiger partial charge in [-0.15, -0.1) is 0 Å². The van der Waals surface area contributed by atoms with Gasteiger partial charge in [-0.3, -0.25) is 4.79 Å². The Kier molecular flexibility index (Phi) is 5.51. The molecule has 1 atom stereocenters. The number of anilines is 2. The number of hydrogen-bond donors (Lipinski definition) is 2. The van der Waals surface area contributed by atoms with Gasteiger partial charge in [0.15, 0.2) is 0 Å². The Labute approximate surface area is 196 Å². The lowest BCUT2D eigenvalue weighted by Gasteiger charge is -2.26. The first-order valence-electron chi connectivity index (χ1n) is 10.1. The topological polar surface area (TPSA) is 59.0 Å². The van der Waals surface area contributed by atoms with Crippen molar-refractivity contribution >= 4 is 39.0 Å². The summed E-state index contributed by atoms with van der Waals surface area (Å²) in [5.74, 6) is -0.743. The van der Waals surface area contributed by atoms with Gasteiger partial charge in [-0.2, -0.15) is 5.10 Å². The molecule has 5 rings (SSSR count). The monoisotopic (exact) mass is 506 g/mol. The Balaban J connectivity index is 1.56. The number of carbonyl (C=O) groups excluding carboxylic acids is 1. The average Bonchev–Trinajstić information content (AvgIpc) is 3.25. The van der Waals surface area contributed by atoms with Crippen molar-refractivity contribution in [2.45, 2.75) is 6.04 Å². The first kappa shape index (κ1) is 21.1. The molecule has 1 aromatic heterocycles. The van der Waals surface area contributed by atoms with Gasteiger partial charge in [0, 0.05) is 21.4 Å². The van der Waals surface area contributed by atoms with Gasteiger partial charge in [-0.1, -0.05) is 46.3 Å². The van der Waals surface area contributed by atoms with Gasteiger partial charge in [0.2, 0.25) is 0 Å². The molecule has 0 bridgehead atoms. The summed E-state index contributed by atoms with van der Waals surface area (Å²) >= 11 is 3.43. The number of nitrogens with zero attached hydrogens (tertiary/aromatic N) is 2. The second-order valence-electron chi connectivity index (χ2n) is 7.49. The predicted octanol–water partition coefficient (Wildman–Crippen LogP) is 6.23. The third-order valence-corrected chi connectivity index (χ3v) is 5.89. The Hall–Kier alpha value is -3.78. The Bertz CT molecular complexity index is 1360. The van der Waals surface area contributed by atoms with E-state index in [9.17, 15) is 13.6 Å². The van der Waals surface area contributed by atoms with Crippen molar-refractivity contribution in [2.75, 3.05) is 10.6 Å². The summed E-state index contributed by atoms with van der Waals surface area (Å²) in [5, 5.41) is 10.4. The molecule has 33 heavy (non-hydrogen) atoms. The number of allylic oxidation sites excluding steroid dienone is 1. The molecule has 0 spiro atoms. The van der Waals surface area contributed by atoms with Crippen LogP contribution in [0, 0.1) is 11.6 Å². The lowest BCUT2D eigenvalue weighted by molar-refractivity contribution is 0.102. The van der Waals surface area contributed by atoms with Crippen molar-refractivity contribution in [1.82, 2.24) is 9.78 Å². The van der Waals surface area contributed by atoms with Crippen LogP contribution in [0.3, 0.4) is 0 Å². The molecule has 0 radical (unpaired) electrons. The van der Waals surface area contributed by atoms with Crippen molar-refractivity contribution < 1.29 is 13.6 Å². The second kappa shape index (κ2) is 8.63. The molecule has 1 amide bonds. The highest BCUT2D eigenvalue weighted by Gasteiger charge is 2.29. The molecule has 4 aromatic rings. The maximum atomic E-state index is 14.7. The largest absolute Gasteiger partial charge is 0.339 e. The molecule has 1 unspecified atom stereocenters. The Morgan fingerprint density at radius 1 is 1.00 bits per heavy atom. The van der Waals surface area contributed by atoms with E-state index in [-0.39, 0.29) is 11.4 Å². The fourth-order valence-corrected chi connectivity index (χ4v) is 3.99. The van der Waals surface area contributed by atoms with Crippen LogP contribution in [0.5, 0.6) is 0 Å². The molecule has 3 aromatic carbocycles. The van der Waals surface area contributed by atoms with Gasteiger partial charge in [0.1, 0.15) is 29.1 Å². The van der Waals surface area contributed by atoms with Gasteiger partial charge in [0.05, 0.1) is 6.20 Å². The summed E-state index contributed by atoms with van der Waals surface area (Å²) in [7, 11) is 0. The van der Waals surface area contributed by atoms with Crippen LogP contribution in [0.25, 0.3) is 5.70 Å². The highest BCUT2D eigenvalue weighted by Crippen LogP contribution is 2.36. The summed E-state index contributed by atoms with van der Waals surface area (Å²) in [6.45, 7) is 0. The molecule has 0 fully saturated rings. The lowest BCUT2D eigenvalue weighted by atomic mass is 10.0. The first-order valence-corrected chi connectivity index (χ1v) is 10.9. The molecule has 0 saturated heterocycles. The third-order valence-electron chi connectivity index (χ3n) is 5.36. The molecule has 164 valence electrons. The van der Waals surface area contributed by atoms with Crippen LogP contribution in [-0.4, -0.2) is 15.7 Å². The fraction of sp³-hybridized carbons (Fsp3) is 0.0400. The minimum Gasteiger partial charge on any atom is -0.339 e. The van der Waals surface area contributed by atoms with E-state index in [1.807, 2.05) is 30.3 Å². The Morgan fingerprint density at radius 3 is 2.45 bits per heavy atom. The molecule has 1 aliphatic rings. The molecule has 5 nitrogen and oxygen atoms in total. The van der Waals surface area contributed by atoms with E-state index in [2.05, 4.69) is 31.7 Å². The van der Waals surface area contributed by atoms with Crippen molar-refractivity contribution in [3.63, 3.8) is 0 Å². The van der Waals surface area contributed by atoms with Crippen LogP contribution >= 0.6 is 15.9 Å². The zero-order valence-electron chi connectivity index (χ0n) is 17.1. The molecular weight excluding hydrogens is 490 g/mol. The van der Waals surface area contributed by atoms with E-state index in [0.29, 0.717) is 17.1 Å². The summed E-state index contributed by atoms with van der Waals surface area (Å²) < 4.78 is 30.5. The molecular formula is C25H17BrF2N4O. The quantitative estimate of drug-likeness (QED) is 0.344. The van der Waals surface area contributed by atoms with E-state index < -0.39 is 17.8 Å². The molecule has 0 aliphatic carbocycles. The fourth-order valence-electron chi connectivity index (χ4n) is 3.73. The molecule has 0 saturated carbocycles. The number of carbonyl (C=O) groups is 1. The van der Waals surface area contributed by atoms with Gasteiger partial charge >= 0.3 is 0 Å². The van der Waals surface area contributed by atoms with Gasteiger partial charge in [-0.25, -0.2) is 13.5 Å². The number of nitrogens with one attached hydrogen (secondary N) is 2. The van der Waals surface area contributed by atoms with Crippen LogP contribution in [0.1, 0.15) is 27.5 Å². The molecule has 8 heteroatoms. The van der Waals surface area contributed by atoms with Crippen LogP contribution in [-0.2, 0) is 0 Å². The van der Waals surface area contributed by atoms with Crippen molar-refractivity contribution in [3.8, 4) is 0 Å². The number of fused-ring (bicyclic) bond motifs is 1. The number of aromatic nitrogens is 2. The number of amides is 1.